The van der Waals surface area contributed by atoms with Crippen molar-refractivity contribution in [2.24, 2.45) is 0 Å². The molecule has 2 amide bonds. The maximum atomic E-state index is 12.7. The molecule has 0 aliphatic carbocycles. The van der Waals surface area contributed by atoms with Gasteiger partial charge in [-0.05, 0) is 24.3 Å². The van der Waals surface area contributed by atoms with Crippen LogP contribution < -0.4 is 0 Å². The van der Waals surface area contributed by atoms with Crippen LogP contribution in [0, 0.1) is 0 Å². The van der Waals surface area contributed by atoms with Gasteiger partial charge in [-0.1, -0.05) is 29.3 Å². The van der Waals surface area contributed by atoms with Gasteiger partial charge >= 0.3 is 5.51 Å². The molecule has 0 radical (unpaired) electrons. The number of aromatic nitrogens is 1. The largest absolute Gasteiger partial charge is 0.447 e. The van der Waals surface area contributed by atoms with E-state index >= 15 is 0 Å². The lowest BCUT2D eigenvalue weighted by Gasteiger charge is -2.35. The molecule has 11 heteroatoms. The Morgan fingerprint density at radius 3 is 2.07 bits per heavy atom. The maximum absolute atomic E-state index is 12.7. The third-order valence-electron chi connectivity index (χ3n) is 4.25. The zero-order valence-electron chi connectivity index (χ0n) is 14.7. The van der Waals surface area contributed by atoms with Crippen LogP contribution in [0.2, 0.25) is 10.0 Å². The first kappa shape index (κ1) is 21.7. The molecular formula is C18H14Cl2F3N3O2S. The van der Waals surface area contributed by atoms with E-state index in [1.165, 1.54) is 28.1 Å². The third-order valence-corrected chi connectivity index (χ3v) is 5.82. The summed E-state index contributed by atoms with van der Waals surface area (Å²) in [5, 5.41) is 0.0219. The number of benzene rings is 1. The number of halogens is 5. The standard InChI is InChI=1S/C18H14Cl2F3N3O2S/c19-13-5-1-3-11(14(13)20)16(27)25-7-9-26(10-8-25)17(28)12-4-2-6-24-15(12)29-18(21,22)23/h1-6H,7-10H2. The molecule has 3 rings (SSSR count). The number of piperazine rings is 1. The summed E-state index contributed by atoms with van der Waals surface area (Å²) in [5.74, 6) is -0.878. The molecule has 1 aromatic heterocycles. The lowest BCUT2D eigenvalue weighted by atomic mass is 10.1. The Balaban J connectivity index is 1.69. The molecule has 1 aliphatic heterocycles. The van der Waals surface area contributed by atoms with Crippen LogP contribution in [0.5, 0.6) is 0 Å². The van der Waals surface area contributed by atoms with Crippen LogP contribution in [-0.4, -0.2) is 58.3 Å². The molecule has 5 nitrogen and oxygen atoms in total. The minimum atomic E-state index is -4.55. The van der Waals surface area contributed by atoms with Gasteiger partial charge in [0, 0.05) is 44.1 Å². The van der Waals surface area contributed by atoms with Gasteiger partial charge < -0.3 is 9.80 Å². The summed E-state index contributed by atoms with van der Waals surface area (Å²) in [6.45, 7) is 0.784. The van der Waals surface area contributed by atoms with Crippen LogP contribution in [0.3, 0.4) is 0 Å². The molecule has 1 fully saturated rings. The second kappa shape index (κ2) is 8.81. The molecule has 1 saturated heterocycles. The summed E-state index contributed by atoms with van der Waals surface area (Å²) in [6.07, 6.45) is 1.20. The molecule has 0 N–H and O–H groups in total. The predicted molar refractivity (Wildman–Crippen MR) is 104 cm³/mol. The lowest BCUT2D eigenvalue weighted by Crippen LogP contribution is -2.50. The molecular weight excluding hydrogens is 450 g/mol. The Morgan fingerprint density at radius 2 is 1.48 bits per heavy atom. The van der Waals surface area contributed by atoms with Crippen molar-refractivity contribution >= 4 is 46.8 Å². The van der Waals surface area contributed by atoms with Crippen molar-refractivity contribution in [3.05, 3.63) is 57.7 Å². The van der Waals surface area contributed by atoms with Crippen LogP contribution >= 0.6 is 35.0 Å². The Kier molecular flexibility index (Phi) is 6.60. The highest BCUT2D eigenvalue weighted by Crippen LogP contribution is 2.37. The van der Waals surface area contributed by atoms with E-state index in [-0.39, 0.29) is 53.3 Å². The van der Waals surface area contributed by atoms with Crippen molar-refractivity contribution in [2.75, 3.05) is 26.2 Å². The number of thioether (sulfide) groups is 1. The molecule has 0 unspecified atom stereocenters. The SMILES string of the molecule is O=C(c1cccnc1SC(F)(F)F)N1CCN(C(=O)c2cccc(Cl)c2Cl)CC1. The first-order valence-corrected chi connectivity index (χ1v) is 9.98. The Hall–Kier alpha value is -1.97. The molecule has 1 aromatic carbocycles. The number of carbonyl (C=O) groups excluding carboxylic acids is 2. The van der Waals surface area contributed by atoms with Crippen molar-refractivity contribution in [1.82, 2.24) is 14.8 Å². The van der Waals surface area contributed by atoms with E-state index in [2.05, 4.69) is 4.98 Å². The van der Waals surface area contributed by atoms with Gasteiger partial charge in [0.15, 0.2) is 0 Å². The van der Waals surface area contributed by atoms with Crippen LogP contribution in [0.15, 0.2) is 41.6 Å². The van der Waals surface area contributed by atoms with Gasteiger partial charge in [-0.15, -0.1) is 0 Å². The first-order valence-electron chi connectivity index (χ1n) is 8.40. The predicted octanol–water partition coefficient (Wildman–Crippen LogP) is 4.60. The number of alkyl halides is 3. The maximum Gasteiger partial charge on any atom is 0.447 e. The summed E-state index contributed by atoms with van der Waals surface area (Å²) >= 11 is 11.6. The number of rotatable bonds is 3. The molecule has 2 aromatic rings. The first-order chi connectivity index (χ1) is 13.7. The highest BCUT2D eigenvalue weighted by molar-refractivity contribution is 8.00. The Labute approximate surface area is 178 Å². The summed E-state index contributed by atoms with van der Waals surface area (Å²) < 4.78 is 38.2. The summed E-state index contributed by atoms with van der Waals surface area (Å²) in [5.41, 5.74) is -4.41. The minimum absolute atomic E-state index is 0.118. The fourth-order valence-corrected chi connectivity index (χ4v) is 3.85. The third kappa shape index (κ3) is 5.15. The zero-order chi connectivity index (χ0) is 21.2. The van der Waals surface area contributed by atoms with E-state index in [4.69, 9.17) is 23.2 Å². The number of nitrogens with zero attached hydrogens (tertiary/aromatic N) is 3. The molecule has 0 saturated carbocycles. The number of amides is 2. The Morgan fingerprint density at radius 1 is 0.931 bits per heavy atom. The van der Waals surface area contributed by atoms with E-state index in [1.807, 2.05) is 0 Å². The van der Waals surface area contributed by atoms with Gasteiger partial charge in [0.05, 0.1) is 21.2 Å². The van der Waals surface area contributed by atoms with E-state index < -0.39 is 28.2 Å². The Bertz CT molecular complexity index is 935. The van der Waals surface area contributed by atoms with Crippen LogP contribution in [0.4, 0.5) is 13.2 Å². The highest BCUT2D eigenvalue weighted by Gasteiger charge is 2.34. The number of carbonyl (C=O) groups is 2. The number of pyridine rings is 1. The molecule has 0 bridgehead atoms. The molecule has 2 heterocycles. The topological polar surface area (TPSA) is 53.5 Å². The highest BCUT2D eigenvalue weighted by atomic mass is 35.5. The molecule has 154 valence electrons. The fourth-order valence-electron chi connectivity index (χ4n) is 2.87. The van der Waals surface area contributed by atoms with E-state index in [0.717, 1.165) is 0 Å². The number of hydrogen-bond acceptors (Lipinski definition) is 4. The average molecular weight is 464 g/mol. The second-order valence-corrected chi connectivity index (χ2v) is 7.93. The van der Waals surface area contributed by atoms with Gasteiger partial charge in [0.25, 0.3) is 11.8 Å². The summed E-state index contributed by atoms with van der Waals surface area (Å²) in [4.78, 5) is 32.0. The minimum Gasteiger partial charge on any atom is -0.335 e. The van der Waals surface area contributed by atoms with E-state index in [0.29, 0.717) is 0 Å². The van der Waals surface area contributed by atoms with Crippen LogP contribution in [0.1, 0.15) is 20.7 Å². The quantitative estimate of drug-likeness (QED) is 0.624. The number of hydrogen-bond donors (Lipinski definition) is 0. The average Bonchev–Trinajstić information content (AvgIpc) is 2.68. The van der Waals surface area contributed by atoms with Crippen molar-refractivity contribution < 1.29 is 22.8 Å². The molecule has 0 atom stereocenters. The van der Waals surface area contributed by atoms with Crippen molar-refractivity contribution in [3.8, 4) is 0 Å². The van der Waals surface area contributed by atoms with E-state index in [1.54, 1.807) is 18.2 Å². The van der Waals surface area contributed by atoms with Gasteiger partial charge in [0.2, 0.25) is 0 Å². The van der Waals surface area contributed by atoms with Crippen molar-refractivity contribution in [1.29, 1.82) is 0 Å². The molecule has 1 aliphatic rings. The lowest BCUT2D eigenvalue weighted by molar-refractivity contribution is -0.0329. The molecule has 0 spiro atoms. The van der Waals surface area contributed by atoms with Crippen molar-refractivity contribution in [2.45, 2.75) is 10.5 Å². The summed E-state index contributed by atoms with van der Waals surface area (Å²) in [7, 11) is 0. The zero-order valence-corrected chi connectivity index (χ0v) is 17.1. The van der Waals surface area contributed by atoms with Gasteiger partial charge in [-0.2, -0.15) is 13.2 Å². The van der Waals surface area contributed by atoms with Crippen LogP contribution in [-0.2, 0) is 0 Å². The van der Waals surface area contributed by atoms with Gasteiger partial charge in [0.1, 0.15) is 5.03 Å². The fraction of sp³-hybridized carbons (Fsp3) is 0.278. The normalized spacial score (nSPS) is 14.8. The van der Waals surface area contributed by atoms with Gasteiger partial charge in [-0.3, -0.25) is 9.59 Å². The van der Waals surface area contributed by atoms with Gasteiger partial charge in [-0.25, -0.2) is 4.98 Å². The van der Waals surface area contributed by atoms with Crippen LogP contribution in [0.25, 0.3) is 0 Å². The van der Waals surface area contributed by atoms with Crippen molar-refractivity contribution in [3.63, 3.8) is 0 Å². The monoisotopic (exact) mass is 463 g/mol. The second-order valence-electron chi connectivity index (χ2n) is 6.09. The van der Waals surface area contributed by atoms with E-state index in [9.17, 15) is 22.8 Å². The summed E-state index contributed by atoms with van der Waals surface area (Å²) in [6, 6.07) is 7.47. The molecule has 29 heavy (non-hydrogen) atoms. The smallest absolute Gasteiger partial charge is 0.335 e.